The minimum Gasteiger partial charge on any atom is -0.497 e. The molecule has 0 aliphatic heterocycles. The summed E-state index contributed by atoms with van der Waals surface area (Å²) in [6, 6.07) is 8.24. The van der Waals surface area contributed by atoms with Gasteiger partial charge < -0.3 is 15.2 Å². The van der Waals surface area contributed by atoms with Gasteiger partial charge in [-0.15, -0.1) is 0 Å². The zero-order chi connectivity index (χ0) is 13.8. The van der Waals surface area contributed by atoms with E-state index in [1.165, 1.54) is 12.3 Å². The highest BCUT2D eigenvalue weighted by molar-refractivity contribution is 6.33. The third-order valence-corrected chi connectivity index (χ3v) is 2.76. The van der Waals surface area contributed by atoms with Crippen molar-refractivity contribution in [3.05, 3.63) is 47.2 Å². The van der Waals surface area contributed by atoms with Gasteiger partial charge in [-0.25, -0.2) is 9.78 Å². The number of hydrogen-bond donors (Lipinski definition) is 2. The first-order valence-corrected chi connectivity index (χ1v) is 5.78. The SMILES string of the molecule is COc1ccc(Cl)c(Nc2ccnc(C(=O)O)c2)c1. The number of nitrogens with zero attached hydrogens (tertiary/aromatic N) is 1. The van der Waals surface area contributed by atoms with E-state index in [2.05, 4.69) is 10.3 Å². The molecule has 0 bridgehead atoms. The van der Waals surface area contributed by atoms with Crippen molar-refractivity contribution in [3.63, 3.8) is 0 Å². The summed E-state index contributed by atoms with van der Waals surface area (Å²) in [4.78, 5) is 14.6. The van der Waals surface area contributed by atoms with Gasteiger partial charge in [0.2, 0.25) is 0 Å². The Morgan fingerprint density at radius 1 is 1.37 bits per heavy atom. The van der Waals surface area contributed by atoms with Gasteiger partial charge in [0, 0.05) is 18.0 Å². The Kier molecular flexibility index (Phi) is 3.87. The molecule has 0 unspecified atom stereocenters. The van der Waals surface area contributed by atoms with Crippen molar-refractivity contribution in [1.29, 1.82) is 0 Å². The van der Waals surface area contributed by atoms with E-state index in [1.54, 1.807) is 31.4 Å². The van der Waals surface area contributed by atoms with E-state index in [4.69, 9.17) is 21.4 Å². The standard InChI is InChI=1S/C13H11ClN2O3/c1-19-9-2-3-10(14)11(7-9)16-8-4-5-15-12(6-8)13(17)18/h2-7H,1H3,(H,15,16)(H,17,18). The zero-order valence-corrected chi connectivity index (χ0v) is 10.8. The fourth-order valence-corrected chi connectivity index (χ4v) is 1.67. The van der Waals surface area contributed by atoms with Gasteiger partial charge >= 0.3 is 5.97 Å². The van der Waals surface area contributed by atoms with Gasteiger partial charge in [-0.05, 0) is 24.3 Å². The number of hydrogen-bond acceptors (Lipinski definition) is 4. The van der Waals surface area contributed by atoms with E-state index in [0.717, 1.165) is 0 Å². The molecule has 0 radical (unpaired) electrons. The Hall–Kier alpha value is -2.27. The first-order chi connectivity index (χ1) is 9.10. The normalized spacial score (nSPS) is 10.0. The van der Waals surface area contributed by atoms with E-state index >= 15 is 0 Å². The van der Waals surface area contributed by atoms with Crippen LogP contribution in [0.5, 0.6) is 5.75 Å². The summed E-state index contributed by atoms with van der Waals surface area (Å²) in [6.45, 7) is 0. The Morgan fingerprint density at radius 2 is 2.16 bits per heavy atom. The van der Waals surface area contributed by atoms with Crippen LogP contribution >= 0.6 is 11.6 Å². The van der Waals surface area contributed by atoms with Gasteiger partial charge in [0.15, 0.2) is 0 Å². The number of benzene rings is 1. The maximum absolute atomic E-state index is 10.8. The molecule has 0 spiro atoms. The lowest BCUT2D eigenvalue weighted by molar-refractivity contribution is 0.0690. The van der Waals surface area contributed by atoms with Crippen LogP contribution in [0.1, 0.15) is 10.5 Å². The van der Waals surface area contributed by atoms with E-state index < -0.39 is 5.97 Å². The number of rotatable bonds is 4. The number of pyridine rings is 1. The van der Waals surface area contributed by atoms with Gasteiger partial charge in [-0.3, -0.25) is 0 Å². The van der Waals surface area contributed by atoms with Gasteiger partial charge in [0.05, 0.1) is 17.8 Å². The summed E-state index contributed by atoms with van der Waals surface area (Å²) in [5, 5.41) is 12.4. The van der Waals surface area contributed by atoms with Crippen LogP contribution in [-0.4, -0.2) is 23.2 Å². The minimum absolute atomic E-state index is 0.0379. The molecule has 2 rings (SSSR count). The fraction of sp³-hybridized carbons (Fsp3) is 0.0769. The van der Waals surface area contributed by atoms with E-state index in [1.807, 2.05) is 0 Å². The molecule has 0 fully saturated rings. The van der Waals surface area contributed by atoms with Crippen LogP contribution in [0.25, 0.3) is 0 Å². The highest BCUT2D eigenvalue weighted by Crippen LogP contribution is 2.29. The predicted octanol–water partition coefficient (Wildman–Crippen LogP) is 3.19. The smallest absolute Gasteiger partial charge is 0.354 e. The van der Waals surface area contributed by atoms with Gasteiger partial charge in [0.1, 0.15) is 11.4 Å². The van der Waals surface area contributed by atoms with Crippen molar-refractivity contribution in [3.8, 4) is 5.75 Å². The second-order valence-corrected chi connectivity index (χ2v) is 4.11. The number of carboxylic acid groups (broad SMARTS) is 1. The molecule has 1 aromatic carbocycles. The highest BCUT2D eigenvalue weighted by atomic mass is 35.5. The summed E-state index contributed by atoms with van der Waals surface area (Å²) >= 11 is 6.06. The first kappa shape index (κ1) is 13.2. The zero-order valence-electron chi connectivity index (χ0n) is 10.1. The average molecular weight is 279 g/mol. The predicted molar refractivity (Wildman–Crippen MR) is 72.5 cm³/mol. The first-order valence-electron chi connectivity index (χ1n) is 5.40. The van der Waals surface area contributed by atoms with Gasteiger partial charge in [-0.2, -0.15) is 0 Å². The molecule has 0 saturated carbocycles. The number of nitrogens with one attached hydrogen (secondary N) is 1. The molecule has 1 heterocycles. The van der Waals surface area contributed by atoms with Crippen molar-refractivity contribution in [2.24, 2.45) is 0 Å². The number of aromatic carboxylic acids is 1. The van der Waals surface area contributed by atoms with Crippen molar-refractivity contribution in [2.45, 2.75) is 0 Å². The molecule has 5 nitrogen and oxygen atoms in total. The number of aromatic nitrogens is 1. The molecule has 19 heavy (non-hydrogen) atoms. The second-order valence-electron chi connectivity index (χ2n) is 3.71. The maximum atomic E-state index is 10.8. The number of carbonyl (C=O) groups is 1. The summed E-state index contributed by atoms with van der Waals surface area (Å²) in [7, 11) is 1.56. The van der Waals surface area contributed by atoms with Crippen LogP contribution in [0.3, 0.4) is 0 Å². The number of ether oxygens (including phenoxy) is 1. The number of halogens is 1. The molecule has 0 atom stereocenters. The van der Waals surface area contributed by atoms with Gasteiger partial charge in [0.25, 0.3) is 0 Å². The summed E-state index contributed by atoms with van der Waals surface area (Å²) in [5.41, 5.74) is 1.18. The van der Waals surface area contributed by atoms with Crippen molar-refractivity contribution >= 4 is 28.9 Å². The Labute approximate surface area is 114 Å². The average Bonchev–Trinajstić information content (AvgIpc) is 2.41. The van der Waals surface area contributed by atoms with Crippen LogP contribution in [0, 0.1) is 0 Å². The van der Waals surface area contributed by atoms with E-state index in [-0.39, 0.29) is 5.69 Å². The summed E-state index contributed by atoms with van der Waals surface area (Å²) in [6.07, 6.45) is 1.42. The third-order valence-electron chi connectivity index (χ3n) is 2.43. The van der Waals surface area contributed by atoms with Crippen LogP contribution in [0.4, 0.5) is 11.4 Å². The van der Waals surface area contributed by atoms with E-state index in [9.17, 15) is 4.79 Å². The van der Waals surface area contributed by atoms with Crippen LogP contribution < -0.4 is 10.1 Å². The van der Waals surface area contributed by atoms with Crippen LogP contribution in [0.15, 0.2) is 36.5 Å². The van der Waals surface area contributed by atoms with Crippen molar-refractivity contribution in [2.75, 3.05) is 12.4 Å². The lowest BCUT2D eigenvalue weighted by atomic mass is 10.2. The molecule has 0 aliphatic rings. The quantitative estimate of drug-likeness (QED) is 0.899. The molecule has 6 heteroatoms. The highest BCUT2D eigenvalue weighted by Gasteiger charge is 2.07. The molecule has 0 saturated heterocycles. The topological polar surface area (TPSA) is 71.5 Å². The van der Waals surface area contributed by atoms with Crippen molar-refractivity contribution in [1.82, 2.24) is 4.98 Å². The van der Waals surface area contributed by atoms with Crippen LogP contribution in [-0.2, 0) is 0 Å². The summed E-state index contributed by atoms with van der Waals surface area (Å²) < 4.78 is 5.10. The molecule has 0 amide bonds. The molecular weight excluding hydrogens is 268 g/mol. The minimum atomic E-state index is -1.08. The maximum Gasteiger partial charge on any atom is 0.354 e. The Morgan fingerprint density at radius 3 is 2.84 bits per heavy atom. The second kappa shape index (κ2) is 5.58. The lowest BCUT2D eigenvalue weighted by Gasteiger charge is -2.10. The molecule has 0 aliphatic carbocycles. The number of methoxy groups -OCH3 is 1. The van der Waals surface area contributed by atoms with E-state index in [0.29, 0.717) is 22.1 Å². The summed E-state index contributed by atoms with van der Waals surface area (Å²) in [5.74, 6) is -0.431. The molecule has 98 valence electrons. The molecule has 2 N–H and O–H groups in total. The van der Waals surface area contributed by atoms with Gasteiger partial charge in [-0.1, -0.05) is 11.6 Å². The third kappa shape index (κ3) is 3.14. The van der Waals surface area contributed by atoms with Crippen LogP contribution in [0.2, 0.25) is 5.02 Å². The molecule has 2 aromatic rings. The Bertz CT molecular complexity index is 617. The Balaban J connectivity index is 2.30. The number of carboxylic acids is 1. The molecule has 1 aromatic heterocycles. The number of anilines is 2. The molecular formula is C13H11ClN2O3. The monoisotopic (exact) mass is 278 g/mol. The largest absolute Gasteiger partial charge is 0.497 e. The van der Waals surface area contributed by atoms with Crippen molar-refractivity contribution < 1.29 is 14.6 Å². The lowest BCUT2D eigenvalue weighted by Crippen LogP contribution is -2.01. The fourth-order valence-electron chi connectivity index (χ4n) is 1.51.